The van der Waals surface area contributed by atoms with Gasteiger partial charge < -0.3 is 9.47 Å². The van der Waals surface area contributed by atoms with Crippen LogP contribution in [-0.2, 0) is 25.7 Å². The van der Waals surface area contributed by atoms with Crippen LogP contribution >= 0.6 is 0 Å². The first-order valence-electron chi connectivity index (χ1n) is 9.52. The van der Waals surface area contributed by atoms with E-state index in [1.54, 1.807) is 6.33 Å². The summed E-state index contributed by atoms with van der Waals surface area (Å²) < 4.78 is 2.47. The van der Waals surface area contributed by atoms with Gasteiger partial charge in [0.1, 0.15) is 12.1 Å². The molecule has 2 aromatic heterocycles. The Bertz CT molecular complexity index is 750. The molecule has 24 heavy (non-hydrogen) atoms. The van der Waals surface area contributed by atoms with Crippen molar-refractivity contribution in [2.45, 2.75) is 63.8 Å². The average Bonchev–Trinajstić information content (AvgIpc) is 3.28. The molecule has 126 valence electrons. The normalized spacial score (nSPS) is 23.2. The van der Waals surface area contributed by atoms with E-state index >= 15 is 0 Å². The van der Waals surface area contributed by atoms with E-state index in [1.165, 1.54) is 67.0 Å². The van der Waals surface area contributed by atoms with Gasteiger partial charge >= 0.3 is 0 Å². The summed E-state index contributed by atoms with van der Waals surface area (Å²) in [6, 6.07) is 0.550. The Balaban J connectivity index is 1.41. The molecule has 3 heterocycles. The van der Waals surface area contributed by atoms with E-state index in [0.717, 1.165) is 32.4 Å². The molecular formula is C19H25N5. The van der Waals surface area contributed by atoms with Gasteiger partial charge in [0.25, 0.3) is 0 Å². The monoisotopic (exact) mass is 323 g/mol. The van der Waals surface area contributed by atoms with E-state index in [1.807, 2.05) is 0 Å². The number of rotatable bonds is 2. The molecule has 1 fully saturated rings. The second-order valence-corrected chi connectivity index (χ2v) is 7.47. The van der Waals surface area contributed by atoms with Crippen LogP contribution in [0, 0.1) is 0 Å². The zero-order valence-corrected chi connectivity index (χ0v) is 14.2. The molecule has 5 nitrogen and oxygen atoms in total. The first kappa shape index (κ1) is 14.4. The van der Waals surface area contributed by atoms with Crippen molar-refractivity contribution in [3.05, 3.63) is 35.3 Å². The van der Waals surface area contributed by atoms with Gasteiger partial charge in [-0.15, -0.1) is 0 Å². The van der Waals surface area contributed by atoms with Crippen LogP contribution < -0.4 is 4.90 Å². The lowest BCUT2D eigenvalue weighted by molar-refractivity contribution is 0.514. The summed E-state index contributed by atoms with van der Waals surface area (Å²) in [5, 5.41) is 0. The van der Waals surface area contributed by atoms with Crippen molar-refractivity contribution in [3.63, 3.8) is 0 Å². The summed E-state index contributed by atoms with van der Waals surface area (Å²) in [6.07, 6.45) is 14.9. The molecule has 1 atom stereocenters. The highest BCUT2D eigenvalue weighted by molar-refractivity contribution is 5.50. The molecule has 0 spiro atoms. The Morgan fingerprint density at radius 2 is 1.71 bits per heavy atom. The molecule has 5 rings (SSSR count). The van der Waals surface area contributed by atoms with E-state index in [2.05, 4.69) is 30.7 Å². The van der Waals surface area contributed by atoms with Crippen LogP contribution in [0.2, 0.25) is 0 Å². The summed E-state index contributed by atoms with van der Waals surface area (Å²) in [4.78, 5) is 16.4. The molecule has 1 aliphatic heterocycles. The standard InChI is InChI=1S/C19H25N5/c1-2-6-16-15(5-1)19(21-12-20-16)23-10-9-14(11-23)24-13-22-17-7-3-4-8-18(17)24/h12-14H,1-11H2. The lowest BCUT2D eigenvalue weighted by atomic mass is 9.96. The van der Waals surface area contributed by atoms with E-state index < -0.39 is 0 Å². The number of fused-ring (bicyclic) bond motifs is 2. The minimum absolute atomic E-state index is 0.550. The zero-order chi connectivity index (χ0) is 15.9. The fourth-order valence-corrected chi connectivity index (χ4v) is 4.74. The molecule has 5 heteroatoms. The number of aromatic nitrogens is 4. The predicted molar refractivity (Wildman–Crippen MR) is 93.4 cm³/mol. The highest BCUT2D eigenvalue weighted by Crippen LogP contribution is 2.33. The molecule has 0 saturated carbocycles. The maximum Gasteiger partial charge on any atom is 0.135 e. The molecule has 0 amide bonds. The highest BCUT2D eigenvalue weighted by Gasteiger charge is 2.30. The first-order valence-corrected chi connectivity index (χ1v) is 9.52. The Kier molecular flexibility index (Phi) is 3.53. The molecule has 0 N–H and O–H groups in total. The van der Waals surface area contributed by atoms with Crippen molar-refractivity contribution in [2.75, 3.05) is 18.0 Å². The van der Waals surface area contributed by atoms with Gasteiger partial charge in [0.05, 0.1) is 18.1 Å². The van der Waals surface area contributed by atoms with Crippen LogP contribution in [0.5, 0.6) is 0 Å². The molecule has 1 unspecified atom stereocenters. The predicted octanol–water partition coefficient (Wildman–Crippen LogP) is 2.88. The molecular weight excluding hydrogens is 298 g/mol. The quantitative estimate of drug-likeness (QED) is 0.852. The largest absolute Gasteiger partial charge is 0.354 e. The summed E-state index contributed by atoms with van der Waals surface area (Å²) in [5.74, 6) is 1.20. The van der Waals surface area contributed by atoms with E-state index in [4.69, 9.17) is 0 Å². The van der Waals surface area contributed by atoms with Crippen molar-refractivity contribution in [3.8, 4) is 0 Å². The van der Waals surface area contributed by atoms with Crippen molar-refractivity contribution >= 4 is 5.82 Å². The van der Waals surface area contributed by atoms with E-state index in [9.17, 15) is 0 Å². The highest BCUT2D eigenvalue weighted by atomic mass is 15.3. The lowest BCUT2D eigenvalue weighted by Gasteiger charge is -2.25. The Labute approximate surface area is 143 Å². The summed E-state index contributed by atoms with van der Waals surface area (Å²) >= 11 is 0. The van der Waals surface area contributed by atoms with Crippen LogP contribution in [0.25, 0.3) is 0 Å². The van der Waals surface area contributed by atoms with Crippen LogP contribution in [0.15, 0.2) is 12.7 Å². The maximum absolute atomic E-state index is 4.69. The van der Waals surface area contributed by atoms with Gasteiger partial charge in [0.15, 0.2) is 0 Å². The third-order valence-electron chi connectivity index (χ3n) is 6.02. The molecule has 2 aliphatic carbocycles. The van der Waals surface area contributed by atoms with Crippen molar-refractivity contribution < 1.29 is 0 Å². The molecule has 0 aromatic carbocycles. The smallest absolute Gasteiger partial charge is 0.135 e. The van der Waals surface area contributed by atoms with Crippen LogP contribution in [0.4, 0.5) is 5.82 Å². The summed E-state index contributed by atoms with van der Waals surface area (Å²) in [7, 11) is 0. The fraction of sp³-hybridized carbons (Fsp3) is 0.632. The third kappa shape index (κ3) is 2.33. The first-order chi connectivity index (χ1) is 11.9. The van der Waals surface area contributed by atoms with Gasteiger partial charge in [-0.3, -0.25) is 0 Å². The van der Waals surface area contributed by atoms with Gasteiger partial charge in [-0.05, 0) is 57.8 Å². The number of hydrogen-bond acceptors (Lipinski definition) is 4. The number of imidazole rings is 1. The van der Waals surface area contributed by atoms with E-state index in [-0.39, 0.29) is 0 Å². The second kappa shape index (κ2) is 5.87. The van der Waals surface area contributed by atoms with Gasteiger partial charge in [0.2, 0.25) is 0 Å². The van der Waals surface area contributed by atoms with Crippen molar-refractivity contribution in [1.82, 2.24) is 19.5 Å². The summed E-state index contributed by atoms with van der Waals surface area (Å²) in [5.41, 5.74) is 5.55. The van der Waals surface area contributed by atoms with Crippen molar-refractivity contribution in [2.24, 2.45) is 0 Å². The molecule has 0 radical (unpaired) electrons. The molecule has 0 bridgehead atoms. The molecule has 1 saturated heterocycles. The van der Waals surface area contributed by atoms with Crippen LogP contribution in [0.1, 0.15) is 60.8 Å². The Morgan fingerprint density at radius 1 is 0.875 bits per heavy atom. The molecule has 3 aliphatic rings. The van der Waals surface area contributed by atoms with Crippen LogP contribution in [0.3, 0.4) is 0 Å². The fourth-order valence-electron chi connectivity index (χ4n) is 4.74. The van der Waals surface area contributed by atoms with Gasteiger partial charge in [-0.1, -0.05) is 0 Å². The van der Waals surface area contributed by atoms with Gasteiger partial charge in [0, 0.05) is 30.0 Å². The van der Waals surface area contributed by atoms with Gasteiger partial charge in [-0.2, -0.15) is 0 Å². The van der Waals surface area contributed by atoms with Gasteiger partial charge in [-0.25, -0.2) is 15.0 Å². The lowest BCUT2D eigenvalue weighted by Crippen LogP contribution is -2.25. The maximum atomic E-state index is 4.69. The number of aryl methyl sites for hydroxylation is 2. The molecule has 2 aromatic rings. The SMILES string of the molecule is c1nc2c(c(N3CCC(n4cnc5c4CCCC5)C3)n1)CCCC2. The number of nitrogens with zero attached hydrogens (tertiary/aromatic N) is 5. The Hall–Kier alpha value is -1.91. The van der Waals surface area contributed by atoms with Crippen molar-refractivity contribution in [1.29, 1.82) is 0 Å². The third-order valence-corrected chi connectivity index (χ3v) is 6.02. The average molecular weight is 323 g/mol. The van der Waals surface area contributed by atoms with E-state index in [0.29, 0.717) is 6.04 Å². The topological polar surface area (TPSA) is 46.8 Å². The zero-order valence-electron chi connectivity index (χ0n) is 14.2. The van der Waals surface area contributed by atoms with Crippen LogP contribution in [-0.4, -0.2) is 32.6 Å². The minimum atomic E-state index is 0.550. The second-order valence-electron chi connectivity index (χ2n) is 7.47. The number of hydrogen-bond donors (Lipinski definition) is 0. The minimum Gasteiger partial charge on any atom is -0.354 e. The Morgan fingerprint density at radius 3 is 2.67 bits per heavy atom. The summed E-state index contributed by atoms with van der Waals surface area (Å²) in [6.45, 7) is 2.16. The number of anilines is 1.